The van der Waals surface area contributed by atoms with Crippen LogP contribution in [0.5, 0.6) is 0 Å². The fraction of sp³-hybridized carbons (Fsp3) is 0.278. The van der Waals surface area contributed by atoms with Crippen molar-refractivity contribution in [1.82, 2.24) is 10.2 Å². The second-order valence-corrected chi connectivity index (χ2v) is 13.5. The van der Waals surface area contributed by atoms with Crippen molar-refractivity contribution in [1.29, 1.82) is 0 Å². The van der Waals surface area contributed by atoms with Crippen molar-refractivity contribution in [3.8, 4) is 0 Å². The van der Waals surface area contributed by atoms with Crippen LogP contribution in [-0.4, -0.2) is 44.3 Å². The third-order valence-corrected chi connectivity index (χ3v) is 9.62. The van der Waals surface area contributed by atoms with E-state index >= 15 is 0 Å². The molecular weight excluding hydrogens is 606 g/mol. The summed E-state index contributed by atoms with van der Waals surface area (Å²) >= 11 is 6.14. The minimum absolute atomic E-state index is 0.0547. The number of benzene rings is 4. The number of sulfonamides is 1. The molecule has 0 aromatic heterocycles. The van der Waals surface area contributed by atoms with E-state index in [0.29, 0.717) is 11.6 Å². The SMILES string of the molecule is CCCCNC(=O)C(Cc1ccccc1)N(Cc1ccc(C)cc1)C(=O)CN(c1ccc(Cl)cc1)S(=O)(=O)c1ccc(C)cc1. The number of nitrogens with one attached hydrogen (secondary N) is 1. The Balaban J connectivity index is 1.78. The fourth-order valence-corrected chi connectivity index (χ4v) is 6.46. The Kier molecular flexibility index (Phi) is 11.8. The lowest BCUT2D eigenvalue weighted by Crippen LogP contribution is -2.53. The molecule has 1 atom stereocenters. The van der Waals surface area contributed by atoms with Gasteiger partial charge in [0.25, 0.3) is 10.0 Å². The van der Waals surface area contributed by atoms with Crippen molar-refractivity contribution in [3.05, 3.63) is 130 Å². The summed E-state index contributed by atoms with van der Waals surface area (Å²) in [6, 6.07) is 29.2. The van der Waals surface area contributed by atoms with Gasteiger partial charge >= 0.3 is 0 Å². The standard InChI is InChI=1S/C36H40ClN3O4S/c1-4-5-23-38-36(42)34(24-29-9-7-6-8-10-29)39(25-30-15-11-27(2)12-16-30)35(41)26-40(32-19-17-31(37)18-20-32)45(43,44)33-21-13-28(3)14-22-33/h6-22,34H,4-5,23-26H2,1-3H3,(H,38,42). The highest BCUT2D eigenvalue weighted by molar-refractivity contribution is 7.92. The van der Waals surface area contributed by atoms with Crippen LogP contribution in [0.3, 0.4) is 0 Å². The summed E-state index contributed by atoms with van der Waals surface area (Å²) in [7, 11) is -4.17. The summed E-state index contributed by atoms with van der Waals surface area (Å²) in [5, 5.41) is 3.44. The van der Waals surface area contributed by atoms with Crippen LogP contribution >= 0.6 is 11.6 Å². The van der Waals surface area contributed by atoms with Crippen LogP contribution < -0.4 is 9.62 Å². The van der Waals surface area contributed by atoms with E-state index in [1.807, 2.05) is 75.4 Å². The van der Waals surface area contributed by atoms with Gasteiger partial charge in [-0.1, -0.05) is 103 Å². The third-order valence-electron chi connectivity index (χ3n) is 7.58. The van der Waals surface area contributed by atoms with Crippen molar-refractivity contribution in [2.24, 2.45) is 0 Å². The van der Waals surface area contributed by atoms with Crippen LogP contribution in [0.2, 0.25) is 5.02 Å². The molecular formula is C36H40ClN3O4S. The van der Waals surface area contributed by atoms with Crippen LogP contribution in [0.1, 0.15) is 42.0 Å². The highest BCUT2D eigenvalue weighted by Crippen LogP contribution is 2.26. The molecule has 0 aliphatic carbocycles. The van der Waals surface area contributed by atoms with Crippen LogP contribution in [0, 0.1) is 13.8 Å². The Labute approximate surface area is 271 Å². The van der Waals surface area contributed by atoms with Gasteiger partial charge in [0.1, 0.15) is 12.6 Å². The van der Waals surface area contributed by atoms with E-state index < -0.39 is 28.5 Å². The summed E-state index contributed by atoms with van der Waals surface area (Å²) in [4.78, 5) is 29.8. The van der Waals surface area contributed by atoms with E-state index in [9.17, 15) is 18.0 Å². The van der Waals surface area contributed by atoms with Crippen molar-refractivity contribution < 1.29 is 18.0 Å². The molecule has 0 spiro atoms. The number of rotatable bonds is 14. The molecule has 236 valence electrons. The van der Waals surface area contributed by atoms with Crippen molar-refractivity contribution in [2.45, 2.75) is 57.5 Å². The lowest BCUT2D eigenvalue weighted by Gasteiger charge is -2.34. The van der Waals surface area contributed by atoms with Crippen molar-refractivity contribution in [2.75, 3.05) is 17.4 Å². The Hall–Kier alpha value is -4.14. The van der Waals surface area contributed by atoms with Gasteiger partial charge in [-0.25, -0.2) is 8.42 Å². The number of nitrogens with zero attached hydrogens (tertiary/aromatic N) is 2. The molecule has 0 saturated heterocycles. The van der Waals surface area contributed by atoms with Crippen molar-refractivity contribution >= 4 is 39.1 Å². The first kappa shape index (κ1) is 33.7. The average Bonchev–Trinajstić information content (AvgIpc) is 3.03. The zero-order valence-corrected chi connectivity index (χ0v) is 27.5. The van der Waals surface area contributed by atoms with Gasteiger partial charge in [0.05, 0.1) is 10.6 Å². The second kappa shape index (κ2) is 15.7. The zero-order valence-electron chi connectivity index (χ0n) is 25.9. The Morgan fingerprint density at radius 2 is 1.40 bits per heavy atom. The molecule has 9 heteroatoms. The van der Waals surface area contributed by atoms with Gasteiger partial charge in [-0.2, -0.15) is 0 Å². The van der Waals surface area contributed by atoms with Gasteiger partial charge in [-0.15, -0.1) is 0 Å². The van der Waals surface area contributed by atoms with Crippen LogP contribution in [0.15, 0.2) is 108 Å². The smallest absolute Gasteiger partial charge is 0.264 e. The lowest BCUT2D eigenvalue weighted by molar-refractivity contribution is -0.140. The molecule has 4 aromatic carbocycles. The molecule has 2 amide bonds. The number of carbonyl (C=O) groups is 2. The highest BCUT2D eigenvalue weighted by Gasteiger charge is 2.34. The zero-order chi connectivity index (χ0) is 32.4. The average molecular weight is 646 g/mol. The fourth-order valence-electron chi connectivity index (χ4n) is 4.92. The lowest BCUT2D eigenvalue weighted by atomic mass is 10.0. The number of carbonyl (C=O) groups excluding carboxylic acids is 2. The normalized spacial score (nSPS) is 11.9. The van der Waals surface area contributed by atoms with Crippen molar-refractivity contribution in [3.63, 3.8) is 0 Å². The predicted octanol–water partition coefficient (Wildman–Crippen LogP) is 6.71. The van der Waals surface area contributed by atoms with Gasteiger partial charge in [-0.05, 0) is 67.8 Å². The predicted molar refractivity (Wildman–Crippen MR) is 181 cm³/mol. The monoisotopic (exact) mass is 645 g/mol. The van der Waals surface area contributed by atoms with Crippen LogP contribution in [-0.2, 0) is 32.6 Å². The number of amides is 2. The topological polar surface area (TPSA) is 86.8 Å². The number of hydrogen-bond acceptors (Lipinski definition) is 4. The Morgan fingerprint density at radius 3 is 2.00 bits per heavy atom. The Bertz CT molecular complexity index is 1660. The number of halogens is 1. The minimum Gasteiger partial charge on any atom is -0.354 e. The summed E-state index contributed by atoms with van der Waals surface area (Å²) in [6.07, 6.45) is 1.97. The second-order valence-electron chi connectivity index (χ2n) is 11.2. The largest absolute Gasteiger partial charge is 0.354 e. The molecule has 4 rings (SSSR count). The molecule has 1 N–H and O–H groups in total. The van der Waals surface area contributed by atoms with E-state index in [1.165, 1.54) is 17.0 Å². The highest BCUT2D eigenvalue weighted by atomic mass is 35.5. The quantitative estimate of drug-likeness (QED) is 0.155. The molecule has 4 aromatic rings. The summed E-state index contributed by atoms with van der Waals surface area (Å²) < 4.78 is 29.3. The summed E-state index contributed by atoms with van der Waals surface area (Å²) in [5.41, 5.74) is 3.97. The molecule has 7 nitrogen and oxygen atoms in total. The minimum atomic E-state index is -4.17. The number of hydrogen-bond donors (Lipinski definition) is 1. The summed E-state index contributed by atoms with van der Waals surface area (Å²) in [5.74, 6) is -0.792. The molecule has 0 bridgehead atoms. The summed E-state index contributed by atoms with van der Waals surface area (Å²) in [6.45, 7) is 5.98. The maximum absolute atomic E-state index is 14.5. The van der Waals surface area contributed by atoms with Gasteiger partial charge in [-0.3, -0.25) is 13.9 Å². The molecule has 0 heterocycles. The van der Waals surface area contributed by atoms with E-state index in [0.717, 1.165) is 39.4 Å². The maximum Gasteiger partial charge on any atom is 0.264 e. The molecule has 0 fully saturated rings. The molecule has 0 aliphatic heterocycles. The first-order valence-corrected chi connectivity index (χ1v) is 16.9. The van der Waals surface area contributed by atoms with Gasteiger partial charge < -0.3 is 10.2 Å². The molecule has 0 saturated carbocycles. The number of unbranched alkanes of at least 4 members (excludes halogenated alkanes) is 1. The molecule has 45 heavy (non-hydrogen) atoms. The number of aryl methyl sites for hydroxylation is 2. The van der Waals surface area contributed by atoms with Crippen LogP contribution in [0.25, 0.3) is 0 Å². The maximum atomic E-state index is 14.5. The van der Waals surface area contributed by atoms with Gasteiger partial charge in [0, 0.05) is 24.5 Å². The first-order valence-electron chi connectivity index (χ1n) is 15.1. The van der Waals surface area contributed by atoms with E-state index in [4.69, 9.17) is 11.6 Å². The third kappa shape index (κ3) is 9.19. The first-order chi connectivity index (χ1) is 21.6. The molecule has 0 aliphatic rings. The van der Waals surface area contributed by atoms with E-state index in [2.05, 4.69) is 5.32 Å². The van der Waals surface area contributed by atoms with Gasteiger partial charge in [0.2, 0.25) is 11.8 Å². The number of anilines is 1. The van der Waals surface area contributed by atoms with E-state index in [1.54, 1.807) is 36.4 Å². The molecule has 0 radical (unpaired) electrons. The molecule has 1 unspecified atom stereocenters. The Morgan fingerprint density at radius 1 is 0.800 bits per heavy atom. The van der Waals surface area contributed by atoms with E-state index in [-0.39, 0.29) is 29.5 Å². The van der Waals surface area contributed by atoms with Gasteiger partial charge in [0.15, 0.2) is 0 Å². The van der Waals surface area contributed by atoms with Crippen LogP contribution in [0.4, 0.5) is 5.69 Å².